The second kappa shape index (κ2) is 5.64. The van der Waals surface area contributed by atoms with Crippen molar-refractivity contribution >= 4 is 17.0 Å². The lowest BCUT2D eigenvalue weighted by Gasteiger charge is -2.07. The molecular weight excluding hydrogens is 252 g/mol. The molecule has 3 aromatic rings. The lowest BCUT2D eigenvalue weighted by molar-refractivity contribution is 0.831. The van der Waals surface area contributed by atoms with E-state index in [4.69, 9.17) is 0 Å². The SMILES string of the molecule is CCCCNc1nc(-c2ccccc2)nc2n[nH]nc12. The fourth-order valence-corrected chi connectivity index (χ4v) is 1.97. The highest BCUT2D eigenvalue weighted by atomic mass is 15.4. The third kappa shape index (κ3) is 2.45. The summed E-state index contributed by atoms with van der Waals surface area (Å²) in [6.07, 6.45) is 2.22. The molecule has 0 unspecified atom stereocenters. The van der Waals surface area contributed by atoms with E-state index in [-0.39, 0.29) is 0 Å². The molecule has 0 amide bonds. The summed E-state index contributed by atoms with van der Waals surface area (Å²) in [6.45, 7) is 3.02. The van der Waals surface area contributed by atoms with Gasteiger partial charge in [0.2, 0.25) is 5.65 Å². The molecule has 0 saturated carbocycles. The zero-order chi connectivity index (χ0) is 13.8. The Bertz CT molecular complexity index is 691. The Balaban J connectivity index is 2.01. The molecule has 0 aliphatic rings. The summed E-state index contributed by atoms with van der Waals surface area (Å²) in [7, 11) is 0. The van der Waals surface area contributed by atoms with Crippen LogP contribution in [0.1, 0.15) is 19.8 Å². The fraction of sp³-hybridized carbons (Fsp3) is 0.286. The molecule has 20 heavy (non-hydrogen) atoms. The van der Waals surface area contributed by atoms with Crippen LogP contribution >= 0.6 is 0 Å². The van der Waals surface area contributed by atoms with Crippen LogP contribution in [0, 0.1) is 0 Å². The van der Waals surface area contributed by atoms with Gasteiger partial charge in [-0.1, -0.05) is 43.7 Å². The van der Waals surface area contributed by atoms with E-state index in [2.05, 4.69) is 37.6 Å². The fourth-order valence-electron chi connectivity index (χ4n) is 1.97. The number of unbranched alkanes of at least 4 members (excludes halogenated alkanes) is 1. The smallest absolute Gasteiger partial charge is 0.207 e. The number of aromatic nitrogens is 5. The molecule has 6 nitrogen and oxygen atoms in total. The highest BCUT2D eigenvalue weighted by Gasteiger charge is 2.12. The maximum atomic E-state index is 4.57. The number of hydrogen-bond acceptors (Lipinski definition) is 5. The third-order valence-electron chi connectivity index (χ3n) is 3.04. The number of benzene rings is 1. The van der Waals surface area contributed by atoms with Crippen LogP contribution in [0.2, 0.25) is 0 Å². The molecule has 0 spiro atoms. The van der Waals surface area contributed by atoms with E-state index in [1.54, 1.807) is 0 Å². The molecule has 0 aliphatic heterocycles. The van der Waals surface area contributed by atoms with Crippen LogP contribution in [0.3, 0.4) is 0 Å². The largest absolute Gasteiger partial charge is 0.368 e. The standard InChI is InChI=1S/C14H16N6/c1-2-3-9-15-13-11-14(19-20-18-11)17-12(16-13)10-7-5-4-6-8-10/h4-8H,2-3,9H2,1H3,(H2,15,16,17,18,19,20). The van der Waals surface area contributed by atoms with Crippen molar-refractivity contribution in [2.24, 2.45) is 0 Å². The van der Waals surface area contributed by atoms with Gasteiger partial charge in [0.05, 0.1) is 0 Å². The normalized spacial score (nSPS) is 10.8. The van der Waals surface area contributed by atoms with E-state index in [0.29, 0.717) is 17.0 Å². The van der Waals surface area contributed by atoms with Crippen molar-refractivity contribution in [3.63, 3.8) is 0 Å². The minimum atomic E-state index is 0.581. The maximum Gasteiger partial charge on any atom is 0.207 e. The molecule has 1 aromatic carbocycles. The molecule has 0 saturated heterocycles. The van der Waals surface area contributed by atoms with Crippen LogP contribution in [-0.4, -0.2) is 31.9 Å². The number of fused-ring (bicyclic) bond motifs is 1. The molecule has 0 fully saturated rings. The quantitative estimate of drug-likeness (QED) is 0.695. The van der Waals surface area contributed by atoms with Gasteiger partial charge < -0.3 is 5.32 Å². The maximum absolute atomic E-state index is 4.57. The van der Waals surface area contributed by atoms with Crippen LogP contribution in [0.4, 0.5) is 5.82 Å². The highest BCUT2D eigenvalue weighted by molar-refractivity contribution is 5.83. The average Bonchev–Trinajstić information content (AvgIpc) is 2.97. The van der Waals surface area contributed by atoms with E-state index in [1.807, 2.05) is 30.3 Å². The van der Waals surface area contributed by atoms with E-state index < -0.39 is 0 Å². The first-order valence-electron chi connectivity index (χ1n) is 6.76. The van der Waals surface area contributed by atoms with E-state index in [9.17, 15) is 0 Å². The predicted octanol–water partition coefficient (Wildman–Crippen LogP) is 2.63. The first kappa shape index (κ1) is 12.5. The number of nitrogens with zero attached hydrogens (tertiary/aromatic N) is 4. The van der Waals surface area contributed by atoms with Crippen LogP contribution in [0.5, 0.6) is 0 Å². The topological polar surface area (TPSA) is 79.4 Å². The second-order valence-electron chi connectivity index (χ2n) is 4.54. The number of nitrogens with one attached hydrogen (secondary N) is 2. The van der Waals surface area contributed by atoms with Crippen molar-refractivity contribution in [2.45, 2.75) is 19.8 Å². The van der Waals surface area contributed by atoms with Gasteiger partial charge >= 0.3 is 0 Å². The van der Waals surface area contributed by atoms with E-state index >= 15 is 0 Å². The first-order chi connectivity index (χ1) is 9.88. The Kier molecular flexibility index (Phi) is 3.54. The van der Waals surface area contributed by atoms with Gasteiger partial charge in [0.1, 0.15) is 0 Å². The molecule has 2 N–H and O–H groups in total. The number of H-pyrrole nitrogens is 1. The van der Waals surface area contributed by atoms with Gasteiger partial charge in [0.15, 0.2) is 17.2 Å². The van der Waals surface area contributed by atoms with Gasteiger partial charge in [-0.2, -0.15) is 10.3 Å². The summed E-state index contributed by atoms with van der Waals surface area (Å²) >= 11 is 0. The number of hydrogen-bond donors (Lipinski definition) is 2. The van der Waals surface area contributed by atoms with Gasteiger partial charge in [-0.05, 0) is 6.42 Å². The molecule has 0 atom stereocenters. The molecule has 2 heterocycles. The summed E-state index contributed by atoms with van der Waals surface area (Å²) in [5.41, 5.74) is 2.23. The monoisotopic (exact) mass is 268 g/mol. The highest BCUT2D eigenvalue weighted by Crippen LogP contribution is 2.21. The van der Waals surface area contributed by atoms with Crippen LogP contribution < -0.4 is 5.32 Å². The molecule has 0 radical (unpaired) electrons. The minimum Gasteiger partial charge on any atom is -0.368 e. The van der Waals surface area contributed by atoms with Crippen molar-refractivity contribution in [2.75, 3.05) is 11.9 Å². The zero-order valence-electron chi connectivity index (χ0n) is 11.3. The summed E-state index contributed by atoms with van der Waals surface area (Å²) < 4.78 is 0. The van der Waals surface area contributed by atoms with Gasteiger partial charge in [-0.15, -0.1) is 5.10 Å². The number of rotatable bonds is 5. The lowest BCUT2D eigenvalue weighted by atomic mass is 10.2. The van der Waals surface area contributed by atoms with Gasteiger partial charge in [0.25, 0.3) is 0 Å². The average molecular weight is 268 g/mol. The second-order valence-corrected chi connectivity index (χ2v) is 4.54. The van der Waals surface area contributed by atoms with Gasteiger partial charge in [-0.3, -0.25) is 0 Å². The minimum absolute atomic E-state index is 0.581. The summed E-state index contributed by atoms with van der Waals surface area (Å²) in [5.74, 6) is 1.39. The Morgan fingerprint density at radius 2 is 1.95 bits per heavy atom. The molecule has 102 valence electrons. The summed E-state index contributed by atoms with van der Waals surface area (Å²) in [5, 5.41) is 14.1. The van der Waals surface area contributed by atoms with E-state index in [0.717, 1.165) is 30.8 Å². The van der Waals surface area contributed by atoms with Crippen LogP contribution in [-0.2, 0) is 0 Å². The zero-order valence-corrected chi connectivity index (χ0v) is 11.3. The van der Waals surface area contributed by atoms with Crippen LogP contribution in [0.15, 0.2) is 30.3 Å². The van der Waals surface area contributed by atoms with Crippen molar-refractivity contribution in [1.29, 1.82) is 0 Å². The first-order valence-corrected chi connectivity index (χ1v) is 6.76. The van der Waals surface area contributed by atoms with Crippen molar-refractivity contribution in [3.05, 3.63) is 30.3 Å². The molecule has 6 heteroatoms. The summed E-state index contributed by atoms with van der Waals surface area (Å²) in [4.78, 5) is 9.01. The van der Waals surface area contributed by atoms with Gasteiger partial charge in [0, 0.05) is 12.1 Å². The Labute approximate surface area is 116 Å². The van der Waals surface area contributed by atoms with Crippen LogP contribution in [0.25, 0.3) is 22.6 Å². The van der Waals surface area contributed by atoms with Gasteiger partial charge in [-0.25, -0.2) is 9.97 Å². The molecule has 0 bridgehead atoms. The predicted molar refractivity (Wildman–Crippen MR) is 78.3 cm³/mol. The van der Waals surface area contributed by atoms with Crippen molar-refractivity contribution in [3.8, 4) is 11.4 Å². The Morgan fingerprint density at radius 1 is 1.10 bits per heavy atom. The van der Waals surface area contributed by atoms with E-state index in [1.165, 1.54) is 0 Å². The lowest BCUT2D eigenvalue weighted by Crippen LogP contribution is -2.05. The van der Waals surface area contributed by atoms with Crippen molar-refractivity contribution in [1.82, 2.24) is 25.4 Å². The molecule has 0 aliphatic carbocycles. The number of aromatic amines is 1. The third-order valence-corrected chi connectivity index (χ3v) is 3.04. The molecular formula is C14H16N6. The summed E-state index contributed by atoms with van der Waals surface area (Å²) in [6, 6.07) is 9.87. The number of anilines is 1. The Hall–Kier alpha value is -2.50. The van der Waals surface area contributed by atoms with Crippen molar-refractivity contribution < 1.29 is 0 Å². The molecule has 3 rings (SSSR count). The molecule has 2 aromatic heterocycles. The Morgan fingerprint density at radius 3 is 2.75 bits per heavy atom.